The molecule has 3 rings (SSSR count). The van der Waals surface area contributed by atoms with Crippen molar-refractivity contribution in [3.05, 3.63) is 58.7 Å². The molecule has 0 saturated carbocycles. The summed E-state index contributed by atoms with van der Waals surface area (Å²) in [4.78, 5) is 12.2. The number of benzene rings is 2. The van der Waals surface area contributed by atoms with Crippen molar-refractivity contribution < 1.29 is 14.3 Å². The third-order valence-corrected chi connectivity index (χ3v) is 4.04. The maximum Gasteiger partial charge on any atom is 0.251 e. The molecule has 23 heavy (non-hydrogen) atoms. The molecule has 4 nitrogen and oxygen atoms in total. The van der Waals surface area contributed by atoms with Gasteiger partial charge in [-0.1, -0.05) is 23.8 Å². The van der Waals surface area contributed by atoms with Gasteiger partial charge in [-0.25, -0.2) is 0 Å². The minimum Gasteiger partial charge on any atom is -0.454 e. The SMILES string of the molecule is Cc1ccc(CCCNC(=O)c2ccc3c(c2)OCO3)c(C)c1. The van der Waals surface area contributed by atoms with Gasteiger partial charge in [0.1, 0.15) is 0 Å². The summed E-state index contributed by atoms with van der Waals surface area (Å²) in [6.45, 7) is 5.10. The highest BCUT2D eigenvalue weighted by Gasteiger charge is 2.15. The highest BCUT2D eigenvalue weighted by atomic mass is 16.7. The standard InChI is InChI=1S/C19H21NO3/c1-13-5-6-15(14(2)10-13)4-3-9-20-19(21)16-7-8-17-18(11-16)23-12-22-17/h5-8,10-11H,3-4,9,12H2,1-2H3,(H,20,21). The molecule has 1 N–H and O–H groups in total. The fourth-order valence-electron chi connectivity index (χ4n) is 2.75. The highest BCUT2D eigenvalue weighted by molar-refractivity contribution is 5.94. The third kappa shape index (κ3) is 3.65. The van der Waals surface area contributed by atoms with Crippen molar-refractivity contribution in [3.63, 3.8) is 0 Å². The molecular formula is C19H21NO3. The second-order valence-electron chi connectivity index (χ2n) is 5.86. The summed E-state index contributed by atoms with van der Waals surface area (Å²) in [5.41, 5.74) is 4.53. The summed E-state index contributed by atoms with van der Waals surface area (Å²) in [6.07, 6.45) is 1.88. The Hall–Kier alpha value is -2.49. The van der Waals surface area contributed by atoms with Crippen LogP contribution in [0.4, 0.5) is 0 Å². The van der Waals surface area contributed by atoms with Gasteiger partial charge in [0.15, 0.2) is 11.5 Å². The van der Waals surface area contributed by atoms with Crippen molar-refractivity contribution in [2.45, 2.75) is 26.7 Å². The zero-order chi connectivity index (χ0) is 16.2. The number of ether oxygens (including phenoxy) is 2. The van der Waals surface area contributed by atoms with E-state index in [1.54, 1.807) is 18.2 Å². The van der Waals surface area contributed by atoms with Crippen molar-refractivity contribution in [2.75, 3.05) is 13.3 Å². The molecule has 1 aliphatic rings. The van der Waals surface area contributed by atoms with E-state index < -0.39 is 0 Å². The van der Waals surface area contributed by atoms with E-state index in [2.05, 4.69) is 37.4 Å². The summed E-state index contributed by atoms with van der Waals surface area (Å²) in [5, 5.41) is 2.96. The molecule has 1 heterocycles. The number of carbonyl (C=O) groups excluding carboxylic acids is 1. The van der Waals surface area contributed by atoms with Crippen LogP contribution in [-0.2, 0) is 6.42 Å². The minimum absolute atomic E-state index is 0.0797. The number of aryl methyl sites for hydroxylation is 3. The predicted molar refractivity (Wildman–Crippen MR) is 89.1 cm³/mol. The second-order valence-corrected chi connectivity index (χ2v) is 5.86. The van der Waals surface area contributed by atoms with Crippen LogP contribution in [0.25, 0.3) is 0 Å². The number of amides is 1. The summed E-state index contributed by atoms with van der Waals surface area (Å²) in [7, 11) is 0. The molecule has 0 aromatic heterocycles. The molecule has 0 saturated heterocycles. The molecule has 1 aliphatic heterocycles. The number of nitrogens with one attached hydrogen (secondary N) is 1. The van der Waals surface area contributed by atoms with Gasteiger partial charge in [0.05, 0.1) is 0 Å². The van der Waals surface area contributed by atoms with Crippen molar-refractivity contribution in [1.82, 2.24) is 5.32 Å². The molecule has 0 spiro atoms. The van der Waals surface area contributed by atoms with Gasteiger partial charge < -0.3 is 14.8 Å². The van der Waals surface area contributed by atoms with Crippen molar-refractivity contribution >= 4 is 5.91 Å². The Bertz CT molecular complexity index is 725. The highest BCUT2D eigenvalue weighted by Crippen LogP contribution is 2.32. The maximum atomic E-state index is 12.2. The molecule has 0 unspecified atom stereocenters. The molecule has 2 aromatic carbocycles. The van der Waals surface area contributed by atoms with E-state index in [1.165, 1.54) is 16.7 Å². The molecule has 0 aliphatic carbocycles. The zero-order valence-electron chi connectivity index (χ0n) is 13.5. The molecule has 0 fully saturated rings. The van der Waals surface area contributed by atoms with Crippen LogP contribution >= 0.6 is 0 Å². The van der Waals surface area contributed by atoms with Crippen LogP contribution < -0.4 is 14.8 Å². The van der Waals surface area contributed by atoms with E-state index >= 15 is 0 Å². The number of hydrogen-bond acceptors (Lipinski definition) is 3. The summed E-state index contributed by atoms with van der Waals surface area (Å²) >= 11 is 0. The van der Waals surface area contributed by atoms with Gasteiger partial charge in [-0.3, -0.25) is 4.79 Å². The third-order valence-electron chi connectivity index (χ3n) is 4.04. The zero-order valence-corrected chi connectivity index (χ0v) is 13.5. The lowest BCUT2D eigenvalue weighted by atomic mass is 10.0. The van der Waals surface area contributed by atoms with Crippen LogP contribution in [-0.4, -0.2) is 19.2 Å². The van der Waals surface area contributed by atoms with Gasteiger partial charge in [0.25, 0.3) is 5.91 Å². The largest absolute Gasteiger partial charge is 0.454 e. The van der Waals surface area contributed by atoms with Crippen molar-refractivity contribution in [1.29, 1.82) is 0 Å². The van der Waals surface area contributed by atoms with Gasteiger partial charge in [-0.15, -0.1) is 0 Å². The van der Waals surface area contributed by atoms with Crippen LogP contribution in [0.2, 0.25) is 0 Å². The molecule has 0 radical (unpaired) electrons. The summed E-state index contributed by atoms with van der Waals surface area (Å²) in [5.74, 6) is 1.24. The normalized spacial score (nSPS) is 12.3. The second kappa shape index (κ2) is 6.73. The van der Waals surface area contributed by atoms with Crippen LogP contribution in [0, 0.1) is 13.8 Å². The monoisotopic (exact) mass is 311 g/mol. The molecule has 4 heteroatoms. The van der Waals surface area contributed by atoms with E-state index in [0.717, 1.165) is 12.8 Å². The van der Waals surface area contributed by atoms with Crippen LogP contribution in [0.3, 0.4) is 0 Å². The lowest BCUT2D eigenvalue weighted by Gasteiger charge is -2.08. The van der Waals surface area contributed by atoms with Gasteiger partial charge >= 0.3 is 0 Å². The Kier molecular flexibility index (Phi) is 4.51. The quantitative estimate of drug-likeness (QED) is 0.861. The fourth-order valence-corrected chi connectivity index (χ4v) is 2.75. The molecule has 1 amide bonds. The van der Waals surface area contributed by atoms with Gasteiger partial charge in [-0.05, 0) is 56.0 Å². The molecule has 2 aromatic rings. The first-order valence-corrected chi connectivity index (χ1v) is 7.87. The Morgan fingerprint density at radius 3 is 2.74 bits per heavy atom. The summed E-state index contributed by atoms with van der Waals surface area (Å²) < 4.78 is 10.5. The first kappa shape index (κ1) is 15.4. The molecule has 120 valence electrons. The Labute approximate surface area is 136 Å². The topological polar surface area (TPSA) is 47.6 Å². The smallest absolute Gasteiger partial charge is 0.251 e. The predicted octanol–water partition coefficient (Wildman–Crippen LogP) is 3.39. The van der Waals surface area contributed by atoms with E-state index in [-0.39, 0.29) is 12.7 Å². The van der Waals surface area contributed by atoms with Crippen molar-refractivity contribution in [3.8, 4) is 11.5 Å². The molecule has 0 bridgehead atoms. The fraction of sp³-hybridized carbons (Fsp3) is 0.316. The average Bonchev–Trinajstić information content (AvgIpc) is 3.00. The Morgan fingerprint density at radius 2 is 1.91 bits per heavy atom. The molecular weight excluding hydrogens is 290 g/mol. The van der Waals surface area contributed by atoms with Crippen molar-refractivity contribution in [2.24, 2.45) is 0 Å². The van der Waals surface area contributed by atoms with E-state index in [9.17, 15) is 4.79 Å². The first-order valence-electron chi connectivity index (χ1n) is 7.87. The summed E-state index contributed by atoms with van der Waals surface area (Å²) in [6, 6.07) is 11.8. The Morgan fingerprint density at radius 1 is 1.09 bits per heavy atom. The van der Waals surface area contributed by atoms with Crippen LogP contribution in [0.1, 0.15) is 33.5 Å². The van der Waals surface area contributed by atoms with Crippen LogP contribution in [0.5, 0.6) is 11.5 Å². The van der Waals surface area contributed by atoms with E-state index in [1.807, 2.05) is 0 Å². The number of hydrogen-bond donors (Lipinski definition) is 1. The molecule has 0 atom stereocenters. The number of carbonyl (C=O) groups is 1. The first-order chi connectivity index (χ1) is 11.1. The van der Waals surface area contributed by atoms with Gasteiger partial charge in [-0.2, -0.15) is 0 Å². The van der Waals surface area contributed by atoms with E-state index in [4.69, 9.17) is 9.47 Å². The number of rotatable bonds is 5. The van der Waals surface area contributed by atoms with Gasteiger partial charge in [0.2, 0.25) is 6.79 Å². The lowest BCUT2D eigenvalue weighted by Crippen LogP contribution is -2.24. The minimum atomic E-state index is -0.0797. The van der Waals surface area contributed by atoms with E-state index in [0.29, 0.717) is 23.6 Å². The Balaban J connectivity index is 1.49. The average molecular weight is 311 g/mol. The lowest BCUT2D eigenvalue weighted by molar-refractivity contribution is 0.0952. The maximum absolute atomic E-state index is 12.2. The van der Waals surface area contributed by atoms with Crippen LogP contribution in [0.15, 0.2) is 36.4 Å². The van der Waals surface area contributed by atoms with Gasteiger partial charge in [0, 0.05) is 12.1 Å². The number of fused-ring (bicyclic) bond motifs is 1.